The predicted octanol–water partition coefficient (Wildman–Crippen LogP) is 22.8. The molecule has 0 saturated heterocycles. The number of aliphatic imine (C=N–C) groups is 4. The van der Waals surface area contributed by atoms with Gasteiger partial charge < -0.3 is 86.6 Å². The van der Waals surface area contributed by atoms with Crippen LogP contribution in [0.15, 0.2) is 167 Å². The van der Waals surface area contributed by atoms with Gasteiger partial charge >= 0.3 is 31.0 Å². The average molecular weight is 2560 g/mol. The Kier molecular flexibility index (Phi) is 44.6. The van der Waals surface area contributed by atoms with Crippen LogP contribution < -0.4 is 33.9 Å². The summed E-state index contributed by atoms with van der Waals surface area (Å²) in [5.74, 6) is 16.4. The number of hydrogen-bond acceptors (Lipinski definition) is 26. The normalized spacial score (nSPS) is 19.9. The molecule has 39 heteroatoms. The number of carbonyl (C=O) groups is 4. The molecule has 0 spiro atoms. The molecular weight excluding hydrogens is 2450 g/mol. The fourth-order valence-electron chi connectivity index (χ4n) is 16.1. The van der Waals surface area contributed by atoms with Gasteiger partial charge in [0.25, 0.3) is 0 Å². The molecule has 7 aliphatic heterocycles. The Morgan fingerprint density at radius 2 is 0.929 bits per heavy atom. The first-order valence-electron chi connectivity index (χ1n) is 44.2. The molecule has 0 bridgehead atoms. The van der Waals surface area contributed by atoms with E-state index in [1.54, 1.807) is 77.0 Å². The summed E-state index contributed by atoms with van der Waals surface area (Å²) in [5, 5.41) is 37.3. The predicted molar refractivity (Wildman–Crippen MR) is 575 cm³/mol. The molecule has 0 radical (unpaired) electrons. The number of terminal acetylenes is 2. The van der Waals surface area contributed by atoms with E-state index in [2.05, 4.69) is 227 Å². The van der Waals surface area contributed by atoms with E-state index in [9.17, 15) is 33.8 Å². The number of esters is 4. The number of methoxy groups -OCH3 is 8. The minimum atomic E-state index is -1.79. The lowest BCUT2D eigenvalue weighted by Crippen LogP contribution is -2.38. The summed E-state index contributed by atoms with van der Waals surface area (Å²) in [5.41, 5.74) is 11.3. The third kappa shape index (κ3) is 30.0. The largest absolute Gasteiger partial charge is 0.507 e. The second-order valence-corrected chi connectivity index (χ2v) is 41.4. The van der Waals surface area contributed by atoms with E-state index in [1.807, 2.05) is 30.4 Å². The molecule has 4 fully saturated rings. The highest BCUT2D eigenvalue weighted by Gasteiger charge is 2.50. The number of rotatable bonds is 13. The summed E-state index contributed by atoms with van der Waals surface area (Å²) in [6.07, 6.45) is 19.1. The Morgan fingerprint density at radius 3 is 1.38 bits per heavy atom. The van der Waals surface area contributed by atoms with Gasteiger partial charge in [-0.1, -0.05) is 119 Å². The van der Waals surface area contributed by atoms with E-state index < -0.39 is 24.9 Å². The van der Waals surface area contributed by atoms with Crippen LogP contribution in [-0.2, 0) is 56.3 Å². The number of alkyl halides is 2. The molecule has 11 atom stereocenters. The second-order valence-electron chi connectivity index (χ2n) is 33.5. The van der Waals surface area contributed by atoms with Crippen LogP contribution in [0.5, 0.6) is 40.2 Å². The lowest BCUT2D eigenvalue weighted by molar-refractivity contribution is 0.0589. The van der Waals surface area contributed by atoms with E-state index in [0.717, 1.165) is 135 Å². The highest BCUT2D eigenvalue weighted by molar-refractivity contribution is 9.11. The van der Waals surface area contributed by atoms with Gasteiger partial charge in [0.1, 0.15) is 83.9 Å². The fraction of sp³-hybridized carbons (Fsp3) is 0.392. The number of halogens is 12. The zero-order chi connectivity index (χ0) is 103. The van der Waals surface area contributed by atoms with Crippen molar-refractivity contribution in [3.8, 4) is 64.9 Å². The van der Waals surface area contributed by atoms with Gasteiger partial charge in [-0.2, -0.15) is 0 Å². The molecule has 0 amide bonds. The monoisotopic (exact) mass is 2550 g/mol. The number of aromatic hydroxyl groups is 1. The van der Waals surface area contributed by atoms with Gasteiger partial charge in [-0.25, -0.2) is 43.5 Å². The summed E-state index contributed by atoms with van der Waals surface area (Å²) in [6, 6.07) is 30.7. The Balaban J connectivity index is 0.000000164. The van der Waals surface area contributed by atoms with Crippen molar-refractivity contribution in [1.82, 2.24) is 0 Å². The van der Waals surface area contributed by atoms with Gasteiger partial charge in [-0.15, -0.1) is 12.8 Å². The molecule has 4 aliphatic carbocycles. The summed E-state index contributed by atoms with van der Waals surface area (Å²) in [4.78, 5) is 63.5. The number of carbonyl (C=O) groups excluding carboxylic acids is 4. The summed E-state index contributed by atoms with van der Waals surface area (Å²) >= 11 is 41.4. The molecule has 8 unspecified atom stereocenters. The minimum Gasteiger partial charge on any atom is -0.507 e. The van der Waals surface area contributed by atoms with Crippen molar-refractivity contribution < 1.29 is 110 Å². The zero-order valence-corrected chi connectivity index (χ0v) is 94.6. The SMILES string of the molecule is BrCc1ccc(Br)c2c1C1CC1CO2.C#CCBr.C#CCOc1cc(C(=O)OC)ccc1Br.COC(=O)c1ccc(Br)c(O)c1.COC(=O)c1ccc(Br)c2c1C1CC1CO2.COC(=O)c1ccc(Br)c2c1C=CCO2.COC1=N[C@H](C(C)C)C(OC)=NC1.COC1=N[C@H](C(C)C)C(OC)=N[C@H]1Cc1ccc(Br)c2c1C1CC1CO2.OB(O)c1c(Cl)cc(F)cc1Cl.OCc1ccc(Br)c2c1C1CC1CO2. The Labute approximate surface area is 905 Å². The number of nitrogens with zero attached hydrogens (tertiary/aromatic N) is 4. The van der Waals surface area contributed by atoms with E-state index >= 15 is 0 Å². The van der Waals surface area contributed by atoms with Gasteiger partial charge in [0.05, 0.1) is 149 Å². The number of phenolic OH excluding ortho intramolecular Hbond substituents is 1. The van der Waals surface area contributed by atoms with E-state index in [0.29, 0.717) is 128 Å². The number of hydrogen-bond donors (Lipinski definition) is 4. The molecule has 26 nitrogen and oxygen atoms in total. The summed E-state index contributed by atoms with van der Waals surface area (Å²) in [7, 11) is 10.2. The number of aliphatic hydroxyl groups excluding tert-OH is 1. The number of phenols is 1. The minimum absolute atomic E-state index is 0.00806. The van der Waals surface area contributed by atoms with Crippen LogP contribution in [0.2, 0.25) is 10.0 Å². The van der Waals surface area contributed by atoms with Crippen molar-refractivity contribution in [2.75, 3.05) is 108 Å². The number of ether oxygens (including phenoxy) is 14. The Hall–Kier alpha value is -8.25. The van der Waals surface area contributed by atoms with Crippen LogP contribution in [0.1, 0.15) is 163 Å². The van der Waals surface area contributed by atoms with Crippen molar-refractivity contribution in [3.63, 3.8) is 0 Å². The fourth-order valence-corrected chi connectivity index (χ4v) is 20.2. The molecule has 7 heterocycles. The van der Waals surface area contributed by atoms with Crippen LogP contribution in [-0.4, -0.2) is 201 Å². The molecule has 19 rings (SSSR count). The molecule has 4 N–H and O–H groups in total. The molecule has 141 heavy (non-hydrogen) atoms. The molecule has 4 saturated carbocycles. The number of fused-ring (bicyclic) bond motifs is 13. The van der Waals surface area contributed by atoms with Crippen LogP contribution >= 0.6 is 167 Å². The first kappa shape index (κ1) is 115. The average Bonchev–Trinajstić information content (AvgIpc) is 1.60. The summed E-state index contributed by atoms with van der Waals surface area (Å²) < 4.78 is 92.5. The Bertz CT molecular complexity index is 5980. The highest BCUT2D eigenvalue weighted by atomic mass is 79.9. The first-order chi connectivity index (χ1) is 67.6. The highest BCUT2D eigenvalue weighted by Crippen LogP contribution is 2.60. The molecule has 11 aliphatic rings. The maximum atomic E-state index is 12.5. The van der Waals surface area contributed by atoms with E-state index in [-0.39, 0.29) is 64.5 Å². The molecule has 8 aromatic rings. The second kappa shape index (κ2) is 54.8. The molecule has 752 valence electrons. The third-order valence-corrected chi connectivity index (χ3v) is 29.6. The van der Waals surface area contributed by atoms with Crippen molar-refractivity contribution in [3.05, 3.63) is 229 Å². The molecular formula is C102H105BBr9Cl2FN4O22. The number of aliphatic hydroxyl groups is 1. The lowest BCUT2D eigenvalue weighted by Gasteiger charge is -2.28. The maximum Gasteiger partial charge on any atom is 0.491 e. The van der Waals surface area contributed by atoms with Gasteiger partial charge in [0.15, 0.2) is 0 Å². The van der Waals surface area contributed by atoms with Crippen LogP contribution in [0.3, 0.4) is 0 Å². The van der Waals surface area contributed by atoms with Gasteiger partial charge in [-0.3, -0.25) is 0 Å². The van der Waals surface area contributed by atoms with Crippen LogP contribution in [0.25, 0.3) is 6.08 Å². The topological polar surface area (TPSA) is 328 Å². The molecule has 8 aromatic carbocycles. The maximum absolute atomic E-state index is 12.5. The van der Waals surface area contributed by atoms with Gasteiger partial charge in [0, 0.05) is 78.7 Å². The van der Waals surface area contributed by atoms with Crippen LogP contribution in [0.4, 0.5) is 4.39 Å². The standard InChI is InChI=1S/C20H25BrN2O3.C12H11BrO3.C11H10Br2O.2C11H9BrO3.C11H11BrO2.C9H16N2O2.C8H7BrO3.C6H4BCl2FO2.C3H3Br/c1-10(2)17-20(25-4)22-15(19(23-17)24-3)8-11-5-6-14(21)18-16(11)13-7-12(13)9-26-18;1-15-12(14)7-2-3-9(13)11-10(7)8-4-6(8)5-16-11;12-4-6-1-2-9(13)11-10(6)8-3-7(8)5-14-11;1-14-11(13)8-4-5-9(12)10-7(8)3-2-6-15-10;1-3-6-15-10-7-8(11(13)14-2)4-5-9(10)12;12-9-2-1-6(4-13)10-8-3-7(8)5-14-11(9)10;1-6(2)8-9(13-4)10-5-7(11-8)12-3;1-12-8(11)5-2-3-6(9)7(10)4-5;8-4-1-3(10)2-5(9)6(4)7(11)12;1-2-3-4/h5-6,10,12-13,15,17H,7-9H2,1-4H3;2-3,6,8H,4-5H2,1H3;1-2,7-8H,3-5H2;2-5H,6H2,1H3;1,4-5,7H,6H2,2H3;1-2,7-8,13H,3-5H2;6,8H,5H2,1-4H3;2-4,10H,1H3;1-2,11-12H;1H,3H2/t12?,13?,15-,17+;;;;;;8-;;;/m0.....1.../s1. The third-order valence-electron chi connectivity index (χ3n) is 23.6. The Morgan fingerprint density at radius 1 is 0.504 bits per heavy atom. The van der Waals surface area contributed by atoms with Gasteiger partial charge in [0.2, 0.25) is 23.6 Å². The van der Waals surface area contributed by atoms with E-state index in [1.165, 1.54) is 81.6 Å². The van der Waals surface area contributed by atoms with Crippen molar-refractivity contribution in [1.29, 1.82) is 0 Å². The van der Waals surface area contributed by atoms with Crippen molar-refractivity contribution in [2.24, 2.45) is 55.5 Å². The summed E-state index contributed by atoms with van der Waals surface area (Å²) in [6.45, 7) is 13.0. The van der Waals surface area contributed by atoms with Crippen molar-refractivity contribution in [2.45, 2.75) is 114 Å². The first-order valence-corrected chi connectivity index (χ1v) is 52.8. The quantitative estimate of drug-likeness (QED) is 0.0274. The van der Waals surface area contributed by atoms with Gasteiger partial charge in [-0.05, 0) is 286 Å². The van der Waals surface area contributed by atoms with Crippen LogP contribution in [0, 0.1) is 66.0 Å². The van der Waals surface area contributed by atoms with E-state index in [4.69, 9.17) is 113 Å². The number of benzene rings is 8. The van der Waals surface area contributed by atoms with Crippen molar-refractivity contribution >= 4 is 233 Å². The zero-order valence-electron chi connectivity index (χ0n) is 78.9. The smallest absolute Gasteiger partial charge is 0.491 e. The molecule has 0 aromatic heterocycles. The lowest BCUT2D eigenvalue weighted by atomic mass is 9.80.